The molecule has 3 heterocycles. The van der Waals surface area contributed by atoms with Crippen LogP contribution in [-0.4, -0.2) is 31.9 Å². The number of carbonyl (C=O) groups is 2. The molecular formula is C21H16F2N4O3. The van der Waals surface area contributed by atoms with Gasteiger partial charge in [-0.3, -0.25) is 19.5 Å². The van der Waals surface area contributed by atoms with Gasteiger partial charge in [0.15, 0.2) is 0 Å². The standard InChI is InChI=1S/C21H16F2N4O3/c22-16(23)18-26-25-17(30-18)12-6-7-13(24-10-12)11-27-19(28)14-4-1-2-5-15(14)21(20(27)29)8-3-9-21/h1-2,4-7,10,16H,3,8-9,11H2. The number of aromatic nitrogens is 3. The van der Waals surface area contributed by atoms with Gasteiger partial charge in [-0.05, 0) is 36.6 Å². The van der Waals surface area contributed by atoms with E-state index in [0.717, 1.165) is 24.8 Å². The molecule has 1 saturated carbocycles. The Labute approximate surface area is 169 Å². The summed E-state index contributed by atoms with van der Waals surface area (Å²) in [6.45, 7) is 0.0279. The molecule has 3 aromatic rings. The van der Waals surface area contributed by atoms with Gasteiger partial charge >= 0.3 is 6.43 Å². The fraction of sp³-hybridized carbons (Fsp3) is 0.286. The normalized spacial score (nSPS) is 17.4. The van der Waals surface area contributed by atoms with E-state index in [-0.39, 0.29) is 24.2 Å². The van der Waals surface area contributed by atoms with E-state index in [0.29, 0.717) is 16.8 Å². The number of benzene rings is 1. The predicted molar refractivity (Wildman–Crippen MR) is 99.3 cm³/mol. The molecule has 9 heteroatoms. The second-order valence-electron chi connectivity index (χ2n) is 7.46. The number of carbonyl (C=O) groups excluding carboxylic acids is 2. The number of halogens is 2. The molecule has 1 aliphatic carbocycles. The molecule has 1 aromatic carbocycles. The molecule has 0 bridgehead atoms. The van der Waals surface area contributed by atoms with E-state index in [9.17, 15) is 18.4 Å². The average molecular weight is 410 g/mol. The number of nitrogens with zero attached hydrogens (tertiary/aromatic N) is 4. The molecule has 0 atom stereocenters. The first kappa shape index (κ1) is 18.5. The van der Waals surface area contributed by atoms with Crippen LogP contribution in [0, 0.1) is 0 Å². The van der Waals surface area contributed by atoms with Gasteiger partial charge in [0.1, 0.15) is 0 Å². The molecule has 1 aliphatic heterocycles. The second kappa shape index (κ2) is 6.79. The van der Waals surface area contributed by atoms with E-state index in [2.05, 4.69) is 15.2 Å². The minimum absolute atomic E-state index is 0.0279. The van der Waals surface area contributed by atoms with E-state index in [1.54, 1.807) is 24.3 Å². The molecule has 2 aliphatic rings. The molecule has 5 rings (SSSR count). The van der Waals surface area contributed by atoms with Gasteiger partial charge in [0.05, 0.1) is 23.2 Å². The van der Waals surface area contributed by atoms with Crippen molar-refractivity contribution in [1.29, 1.82) is 0 Å². The maximum atomic E-state index is 13.2. The predicted octanol–water partition coefficient (Wildman–Crippen LogP) is 3.67. The summed E-state index contributed by atoms with van der Waals surface area (Å²) in [5.41, 5.74) is 1.61. The number of fused-ring (bicyclic) bond motifs is 2. The molecule has 2 amide bonds. The van der Waals surface area contributed by atoms with Crippen LogP contribution in [0.1, 0.15) is 53.2 Å². The molecule has 0 saturated heterocycles. The van der Waals surface area contributed by atoms with Gasteiger partial charge in [0, 0.05) is 11.8 Å². The van der Waals surface area contributed by atoms with Crippen LogP contribution in [0.4, 0.5) is 8.78 Å². The fourth-order valence-electron chi connectivity index (χ4n) is 4.10. The largest absolute Gasteiger partial charge is 0.415 e. The zero-order chi connectivity index (χ0) is 20.9. The Balaban J connectivity index is 1.41. The first-order valence-electron chi connectivity index (χ1n) is 9.52. The minimum Gasteiger partial charge on any atom is -0.415 e. The smallest absolute Gasteiger partial charge is 0.314 e. The van der Waals surface area contributed by atoms with E-state index < -0.39 is 17.7 Å². The van der Waals surface area contributed by atoms with Crippen molar-refractivity contribution in [3.05, 3.63) is 65.3 Å². The summed E-state index contributed by atoms with van der Waals surface area (Å²) in [5, 5.41) is 6.87. The van der Waals surface area contributed by atoms with Crippen LogP contribution >= 0.6 is 0 Å². The van der Waals surface area contributed by atoms with Gasteiger partial charge in [-0.1, -0.05) is 24.6 Å². The lowest BCUT2D eigenvalue weighted by atomic mass is 9.61. The van der Waals surface area contributed by atoms with Crippen LogP contribution in [0.25, 0.3) is 11.5 Å². The number of imide groups is 1. The van der Waals surface area contributed by atoms with Crippen molar-refractivity contribution in [2.24, 2.45) is 0 Å². The summed E-state index contributed by atoms with van der Waals surface area (Å²) in [4.78, 5) is 31.7. The van der Waals surface area contributed by atoms with Crippen molar-refractivity contribution < 1.29 is 22.8 Å². The highest BCUT2D eigenvalue weighted by atomic mass is 19.3. The van der Waals surface area contributed by atoms with Crippen LogP contribution in [0.15, 0.2) is 47.0 Å². The molecule has 0 N–H and O–H groups in total. The zero-order valence-electron chi connectivity index (χ0n) is 15.7. The molecule has 0 unspecified atom stereocenters. The lowest BCUT2D eigenvalue weighted by Gasteiger charge is -2.47. The van der Waals surface area contributed by atoms with Crippen molar-refractivity contribution in [3.63, 3.8) is 0 Å². The van der Waals surface area contributed by atoms with E-state index in [4.69, 9.17) is 4.42 Å². The molecule has 152 valence electrons. The van der Waals surface area contributed by atoms with Crippen molar-refractivity contribution in [1.82, 2.24) is 20.1 Å². The third-order valence-electron chi connectivity index (χ3n) is 5.80. The fourth-order valence-corrected chi connectivity index (χ4v) is 4.10. The zero-order valence-corrected chi connectivity index (χ0v) is 15.7. The van der Waals surface area contributed by atoms with Crippen LogP contribution in [0.3, 0.4) is 0 Å². The Morgan fingerprint density at radius 3 is 2.53 bits per heavy atom. The third-order valence-corrected chi connectivity index (χ3v) is 5.80. The van der Waals surface area contributed by atoms with Crippen LogP contribution in [0.5, 0.6) is 0 Å². The highest BCUT2D eigenvalue weighted by molar-refractivity contribution is 6.13. The maximum Gasteiger partial charge on any atom is 0.314 e. The molecule has 30 heavy (non-hydrogen) atoms. The monoisotopic (exact) mass is 410 g/mol. The minimum atomic E-state index is -2.85. The van der Waals surface area contributed by atoms with Gasteiger partial charge in [0.2, 0.25) is 11.8 Å². The lowest BCUT2D eigenvalue weighted by molar-refractivity contribution is -0.139. The van der Waals surface area contributed by atoms with Crippen molar-refractivity contribution >= 4 is 11.8 Å². The number of amides is 2. The van der Waals surface area contributed by atoms with Crippen LogP contribution < -0.4 is 0 Å². The molecule has 7 nitrogen and oxygen atoms in total. The van der Waals surface area contributed by atoms with Crippen LogP contribution in [0.2, 0.25) is 0 Å². The molecular weight excluding hydrogens is 394 g/mol. The Hall–Kier alpha value is -3.49. The molecule has 2 aromatic heterocycles. The number of rotatable bonds is 4. The van der Waals surface area contributed by atoms with Gasteiger partial charge in [0.25, 0.3) is 11.8 Å². The Kier molecular flexibility index (Phi) is 4.19. The van der Waals surface area contributed by atoms with Crippen molar-refractivity contribution in [2.75, 3.05) is 0 Å². The highest BCUT2D eigenvalue weighted by Gasteiger charge is 2.53. The Morgan fingerprint density at radius 1 is 1.10 bits per heavy atom. The molecule has 0 radical (unpaired) electrons. The Morgan fingerprint density at radius 2 is 1.90 bits per heavy atom. The molecule has 1 spiro atoms. The highest BCUT2D eigenvalue weighted by Crippen LogP contribution is 2.49. The molecule has 1 fully saturated rings. The van der Waals surface area contributed by atoms with Crippen LogP contribution in [-0.2, 0) is 16.8 Å². The van der Waals surface area contributed by atoms with E-state index in [1.807, 2.05) is 12.1 Å². The second-order valence-corrected chi connectivity index (χ2v) is 7.46. The first-order chi connectivity index (χ1) is 14.5. The number of hydrogen-bond donors (Lipinski definition) is 0. The maximum absolute atomic E-state index is 13.2. The summed E-state index contributed by atoms with van der Waals surface area (Å²) in [5.74, 6) is -1.36. The number of hydrogen-bond acceptors (Lipinski definition) is 6. The topological polar surface area (TPSA) is 89.2 Å². The van der Waals surface area contributed by atoms with Gasteiger partial charge in [-0.2, -0.15) is 8.78 Å². The SMILES string of the molecule is O=C1c2ccccc2C2(CCC2)C(=O)N1Cc1ccc(-c2nnc(C(F)F)o2)cn1. The summed E-state index contributed by atoms with van der Waals surface area (Å²) in [6, 6.07) is 10.5. The Bertz CT molecular complexity index is 1140. The van der Waals surface area contributed by atoms with Gasteiger partial charge < -0.3 is 4.42 Å². The summed E-state index contributed by atoms with van der Waals surface area (Å²) in [6.07, 6.45) is 0.936. The summed E-state index contributed by atoms with van der Waals surface area (Å²) in [7, 11) is 0. The number of alkyl halides is 2. The van der Waals surface area contributed by atoms with Gasteiger partial charge in [-0.25, -0.2) is 0 Å². The van der Waals surface area contributed by atoms with Crippen molar-refractivity contribution in [2.45, 2.75) is 37.6 Å². The number of pyridine rings is 1. The van der Waals surface area contributed by atoms with Gasteiger partial charge in [-0.15, -0.1) is 10.2 Å². The quantitative estimate of drug-likeness (QED) is 0.610. The average Bonchev–Trinajstić information content (AvgIpc) is 3.21. The van der Waals surface area contributed by atoms with Crippen molar-refractivity contribution in [3.8, 4) is 11.5 Å². The summed E-state index contributed by atoms with van der Waals surface area (Å²) < 4.78 is 30.1. The van der Waals surface area contributed by atoms with E-state index >= 15 is 0 Å². The first-order valence-corrected chi connectivity index (χ1v) is 9.52. The summed E-state index contributed by atoms with van der Waals surface area (Å²) >= 11 is 0. The third kappa shape index (κ3) is 2.72. The van der Waals surface area contributed by atoms with E-state index in [1.165, 1.54) is 11.1 Å². The lowest BCUT2D eigenvalue weighted by Crippen LogP contribution is -2.57.